The van der Waals surface area contributed by atoms with Crippen LogP contribution >= 0.6 is 0 Å². The van der Waals surface area contributed by atoms with Crippen molar-refractivity contribution in [2.45, 2.75) is 44.9 Å². The predicted octanol–water partition coefficient (Wildman–Crippen LogP) is 4.80. The molecule has 2 aliphatic rings. The Bertz CT molecular complexity index is 1070. The molecule has 0 spiro atoms. The van der Waals surface area contributed by atoms with Gasteiger partial charge in [0, 0.05) is 47.3 Å². The lowest BCUT2D eigenvalue weighted by Crippen LogP contribution is -2.40. The summed E-state index contributed by atoms with van der Waals surface area (Å²) in [5.74, 6) is 1.34. The SMILES string of the molecule is CCc1ccc(N2C(=O)C[C@H](c3cc(OC)c(OC)cc3OC)C3=C2CCCC3=O)cc1. The molecule has 0 bridgehead atoms. The van der Waals surface area contributed by atoms with Gasteiger partial charge in [-0.3, -0.25) is 14.5 Å². The van der Waals surface area contributed by atoms with Crippen molar-refractivity contribution in [2.75, 3.05) is 26.2 Å². The Kier molecular flexibility index (Phi) is 6.21. The number of hydrogen-bond acceptors (Lipinski definition) is 5. The fraction of sp³-hybridized carbons (Fsp3) is 0.385. The smallest absolute Gasteiger partial charge is 0.232 e. The van der Waals surface area contributed by atoms with E-state index in [2.05, 4.69) is 6.92 Å². The minimum absolute atomic E-state index is 0.0236. The molecule has 0 fully saturated rings. The van der Waals surface area contributed by atoms with E-state index in [-0.39, 0.29) is 24.0 Å². The topological polar surface area (TPSA) is 65.1 Å². The molecular formula is C26H29NO5. The quantitative estimate of drug-likeness (QED) is 0.652. The van der Waals surface area contributed by atoms with E-state index in [0.29, 0.717) is 35.7 Å². The van der Waals surface area contributed by atoms with E-state index in [1.165, 1.54) is 5.56 Å². The summed E-state index contributed by atoms with van der Waals surface area (Å²) in [6.45, 7) is 2.10. The zero-order valence-electron chi connectivity index (χ0n) is 19.1. The van der Waals surface area contributed by atoms with Crippen LogP contribution in [0.15, 0.2) is 47.7 Å². The van der Waals surface area contributed by atoms with E-state index >= 15 is 0 Å². The molecule has 2 aromatic carbocycles. The second kappa shape index (κ2) is 9.07. The van der Waals surface area contributed by atoms with E-state index < -0.39 is 0 Å². The molecule has 6 heteroatoms. The third kappa shape index (κ3) is 3.74. The number of ketones is 1. The lowest BCUT2D eigenvalue weighted by Gasteiger charge is -2.38. The number of nitrogens with zero attached hydrogens (tertiary/aromatic N) is 1. The normalized spacial score (nSPS) is 18.5. The maximum Gasteiger partial charge on any atom is 0.232 e. The van der Waals surface area contributed by atoms with Gasteiger partial charge in [-0.1, -0.05) is 19.1 Å². The molecule has 1 aliphatic heterocycles. The van der Waals surface area contributed by atoms with Gasteiger partial charge >= 0.3 is 0 Å². The van der Waals surface area contributed by atoms with Gasteiger partial charge in [0.1, 0.15) is 5.75 Å². The first kappa shape index (κ1) is 21.9. The Morgan fingerprint density at radius 3 is 2.19 bits per heavy atom. The average Bonchev–Trinajstić information content (AvgIpc) is 2.82. The van der Waals surface area contributed by atoms with Gasteiger partial charge in [-0.2, -0.15) is 0 Å². The number of allylic oxidation sites excluding steroid dienone is 2. The summed E-state index contributed by atoms with van der Waals surface area (Å²) in [5, 5.41) is 0. The summed E-state index contributed by atoms with van der Waals surface area (Å²) in [6, 6.07) is 11.6. The maximum absolute atomic E-state index is 13.5. The van der Waals surface area contributed by atoms with Crippen LogP contribution in [-0.2, 0) is 16.0 Å². The first-order chi connectivity index (χ1) is 15.5. The number of benzene rings is 2. The van der Waals surface area contributed by atoms with Crippen molar-refractivity contribution < 1.29 is 23.8 Å². The lowest BCUT2D eigenvalue weighted by molar-refractivity contribution is -0.119. The molecule has 4 rings (SSSR count). The first-order valence-electron chi connectivity index (χ1n) is 11.0. The fourth-order valence-corrected chi connectivity index (χ4v) is 4.76. The van der Waals surface area contributed by atoms with Crippen molar-refractivity contribution in [3.8, 4) is 17.2 Å². The Morgan fingerprint density at radius 2 is 1.56 bits per heavy atom. The summed E-state index contributed by atoms with van der Waals surface area (Å²) >= 11 is 0. The number of rotatable bonds is 6. The number of carbonyl (C=O) groups is 2. The molecule has 168 valence electrons. The van der Waals surface area contributed by atoms with Gasteiger partial charge in [0.2, 0.25) is 5.91 Å². The molecule has 1 heterocycles. The van der Waals surface area contributed by atoms with Gasteiger partial charge in [-0.15, -0.1) is 0 Å². The second-order valence-electron chi connectivity index (χ2n) is 8.09. The summed E-state index contributed by atoms with van der Waals surface area (Å²) in [4.78, 5) is 28.4. The molecule has 6 nitrogen and oxygen atoms in total. The Balaban J connectivity index is 1.87. The molecule has 0 aromatic heterocycles. The highest BCUT2D eigenvalue weighted by Crippen LogP contribution is 2.48. The molecule has 1 atom stereocenters. The number of anilines is 1. The first-order valence-corrected chi connectivity index (χ1v) is 11.0. The predicted molar refractivity (Wildman–Crippen MR) is 123 cm³/mol. The molecule has 0 radical (unpaired) electrons. The fourth-order valence-electron chi connectivity index (χ4n) is 4.76. The lowest BCUT2D eigenvalue weighted by atomic mass is 9.76. The Hall–Kier alpha value is -3.28. The largest absolute Gasteiger partial charge is 0.496 e. The van der Waals surface area contributed by atoms with Crippen molar-refractivity contribution >= 4 is 17.4 Å². The van der Waals surface area contributed by atoms with Crippen LogP contribution in [0.2, 0.25) is 0 Å². The monoisotopic (exact) mass is 435 g/mol. The highest BCUT2D eigenvalue weighted by molar-refractivity contribution is 6.07. The number of ether oxygens (including phenoxy) is 3. The molecule has 1 amide bonds. The highest BCUT2D eigenvalue weighted by atomic mass is 16.5. The molecule has 1 aliphatic carbocycles. The summed E-state index contributed by atoms with van der Waals surface area (Å²) in [6.07, 6.45) is 3.04. The zero-order chi connectivity index (χ0) is 22.8. The number of aryl methyl sites for hydroxylation is 1. The van der Waals surface area contributed by atoms with Gasteiger partial charge in [-0.05, 0) is 43.0 Å². The molecule has 0 N–H and O–H groups in total. The number of carbonyl (C=O) groups excluding carboxylic acids is 2. The number of amides is 1. The van der Waals surface area contributed by atoms with E-state index in [1.54, 1.807) is 32.3 Å². The highest BCUT2D eigenvalue weighted by Gasteiger charge is 2.41. The summed E-state index contributed by atoms with van der Waals surface area (Å²) in [5.41, 5.74) is 4.30. The van der Waals surface area contributed by atoms with Crippen LogP contribution in [0.5, 0.6) is 17.2 Å². The molecular weight excluding hydrogens is 406 g/mol. The third-order valence-electron chi connectivity index (χ3n) is 6.39. The molecule has 2 aromatic rings. The zero-order valence-corrected chi connectivity index (χ0v) is 19.1. The van der Waals surface area contributed by atoms with Crippen LogP contribution in [0.3, 0.4) is 0 Å². The summed E-state index contributed by atoms with van der Waals surface area (Å²) in [7, 11) is 4.71. The van der Waals surface area contributed by atoms with E-state index in [1.807, 2.05) is 30.3 Å². The standard InChI is InChI=1S/C26H29NO5/c1-5-16-9-11-17(12-10-16)27-20-7-6-8-21(28)26(20)19(14-25(27)29)18-13-23(31-3)24(32-4)15-22(18)30-2/h9-13,15,19H,5-8,14H2,1-4H3/t19-/m1/s1. The number of Topliss-reactive ketones (excluding diaryl/α,β-unsaturated/α-hetero) is 1. The van der Waals surface area contributed by atoms with Crippen molar-refractivity contribution in [1.82, 2.24) is 0 Å². The van der Waals surface area contributed by atoms with Crippen molar-refractivity contribution in [2.24, 2.45) is 0 Å². The van der Waals surface area contributed by atoms with E-state index in [0.717, 1.165) is 29.8 Å². The molecule has 0 unspecified atom stereocenters. The van der Waals surface area contributed by atoms with Gasteiger partial charge in [0.25, 0.3) is 0 Å². The molecule has 0 saturated carbocycles. The molecule has 32 heavy (non-hydrogen) atoms. The van der Waals surface area contributed by atoms with Crippen molar-refractivity contribution in [3.05, 3.63) is 58.8 Å². The summed E-state index contributed by atoms with van der Waals surface area (Å²) < 4.78 is 16.5. The maximum atomic E-state index is 13.5. The number of hydrogen-bond donors (Lipinski definition) is 0. The van der Waals surface area contributed by atoms with Crippen LogP contribution < -0.4 is 19.1 Å². The van der Waals surface area contributed by atoms with Gasteiger partial charge in [-0.25, -0.2) is 0 Å². The minimum atomic E-state index is -0.383. The Labute approximate surface area is 188 Å². The molecule has 0 saturated heterocycles. The van der Waals surface area contributed by atoms with Crippen LogP contribution in [0.25, 0.3) is 0 Å². The van der Waals surface area contributed by atoms with Gasteiger partial charge in [0.15, 0.2) is 17.3 Å². The van der Waals surface area contributed by atoms with Crippen LogP contribution in [0, 0.1) is 0 Å². The van der Waals surface area contributed by atoms with E-state index in [9.17, 15) is 9.59 Å². The number of methoxy groups -OCH3 is 3. The van der Waals surface area contributed by atoms with Crippen LogP contribution in [0.4, 0.5) is 5.69 Å². The second-order valence-corrected chi connectivity index (χ2v) is 8.09. The third-order valence-corrected chi connectivity index (χ3v) is 6.39. The van der Waals surface area contributed by atoms with Crippen molar-refractivity contribution in [3.63, 3.8) is 0 Å². The van der Waals surface area contributed by atoms with Crippen LogP contribution in [0.1, 0.15) is 49.7 Å². The van der Waals surface area contributed by atoms with Crippen LogP contribution in [-0.4, -0.2) is 33.0 Å². The average molecular weight is 436 g/mol. The Morgan fingerprint density at radius 1 is 0.906 bits per heavy atom. The van der Waals surface area contributed by atoms with Gasteiger partial charge < -0.3 is 14.2 Å². The van der Waals surface area contributed by atoms with Gasteiger partial charge in [0.05, 0.1) is 21.3 Å². The minimum Gasteiger partial charge on any atom is -0.496 e. The van der Waals surface area contributed by atoms with Crippen molar-refractivity contribution in [1.29, 1.82) is 0 Å². The van der Waals surface area contributed by atoms with E-state index in [4.69, 9.17) is 14.2 Å².